The van der Waals surface area contributed by atoms with Gasteiger partial charge in [0.2, 0.25) is 0 Å². The molecule has 4 heteroatoms. The molecule has 0 N–H and O–H groups in total. The smallest absolute Gasteiger partial charge is 0.320 e. The number of carbonyl (C=O) groups is 2. The zero-order chi connectivity index (χ0) is 9.22. The van der Waals surface area contributed by atoms with E-state index in [0.717, 1.165) is 0 Å². The molecule has 0 spiro atoms. The normalized spacial score (nSPS) is 51.3. The SMILES string of the molecule is C[C@]12C=C[C@H](O1)[C@@H]1C(=O)OC(=O)[C@@H]12. The number of hydrogen-bond acceptors (Lipinski definition) is 4. The van der Waals surface area contributed by atoms with E-state index in [0.29, 0.717) is 0 Å². The minimum Gasteiger partial charge on any atom is -0.393 e. The topological polar surface area (TPSA) is 52.6 Å². The second kappa shape index (κ2) is 1.85. The lowest BCUT2D eigenvalue weighted by Gasteiger charge is -2.20. The van der Waals surface area contributed by atoms with E-state index in [1.54, 1.807) is 0 Å². The first kappa shape index (κ1) is 7.26. The van der Waals surface area contributed by atoms with Gasteiger partial charge in [-0.3, -0.25) is 9.59 Å². The first-order valence-corrected chi connectivity index (χ1v) is 4.24. The van der Waals surface area contributed by atoms with Crippen molar-refractivity contribution < 1.29 is 19.1 Å². The predicted molar refractivity (Wildman–Crippen MR) is 40.5 cm³/mol. The summed E-state index contributed by atoms with van der Waals surface area (Å²) in [6.45, 7) is 1.81. The van der Waals surface area contributed by atoms with Crippen LogP contribution in [0.1, 0.15) is 6.92 Å². The molecule has 2 saturated heterocycles. The summed E-state index contributed by atoms with van der Waals surface area (Å²) in [4.78, 5) is 22.5. The second-order valence-corrected chi connectivity index (χ2v) is 3.87. The molecule has 3 aliphatic rings. The molecule has 0 aliphatic carbocycles. The molecule has 0 amide bonds. The molecule has 3 heterocycles. The van der Waals surface area contributed by atoms with Gasteiger partial charge in [0, 0.05) is 0 Å². The molecule has 13 heavy (non-hydrogen) atoms. The minimum absolute atomic E-state index is 0.256. The zero-order valence-corrected chi connectivity index (χ0v) is 7.02. The van der Waals surface area contributed by atoms with Crippen LogP contribution in [0.25, 0.3) is 0 Å². The summed E-state index contributed by atoms with van der Waals surface area (Å²) in [5, 5.41) is 0. The van der Waals surface area contributed by atoms with Gasteiger partial charge in [0.05, 0.1) is 11.7 Å². The van der Waals surface area contributed by atoms with Crippen LogP contribution in [-0.4, -0.2) is 23.6 Å². The Labute approximate surface area is 74.5 Å². The molecular formula is C9H8O4. The highest BCUT2D eigenvalue weighted by Crippen LogP contribution is 2.50. The van der Waals surface area contributed by atoms with E-state index < -0.39 is 29.4 Å². The lowest BCUT2D eigenvalue weighted by Crippen LogP contribution is -2.34. The van der Waals surface area contributed by atoms with E-state index >= 15 is 0 Å². The second-order valence-electron chi connectivity index (χ2n) is 3.87. The maximum Gasteiger partial charge on any atom is 0.320 e. The molecule has 0 unspecified atom stereocenters. The fraction of sp³-hybridized carbons (Fsp3) is 0.556. The summed E-state index contributed by atoms with van der Waals surface area (Å²) in [7, 11) is 0. The van der Waals surface area contributed by atoms with Gasteiger partial charge in [-0.05, 0) is 6.92 Å². The number of ether oxygens (including phenoxy) is 2. The van der Waals surface area contributed by atoms with Crippen molar-refractivity contribution in [1.29, 1.82) is 0 Å². The van der Waals surface area contributed by atoms with E-state index in [1.807, 2.05) is 19.1 Å². The summed E-state index contributed by atoms with van der Waals surface area (Å²) < 4.78 is 10.1. The zero-order valence-electron chi connectivity index (χ0n) is 7.02. The molecule has 0 aromatic heterocycles. The summed E-state index contributed by atoms with van der Waals surface area (Å²) in [5.74, 6) is -1.70. The minimum atomic E-state index is -0.613. The number of fused-ring (bicyclic) bond motifs is 5. The van der Waals surface area contributed by atoms with Crippen molar-refractivity contribution in [1.82, 2.24) is 0 Å². The molecule has 0 saturated carbocycles. The first-order valence-electron chi connectivity index (χ1n) is 4.24. The van der Waals surface area contributed by atoms with Gasteiger partial charge in [0.25, 0.3) is 0 Å². The summed E-state index contributed by atoms with van der Waals surface area (Å²) in [6, 6.07) is 0. The number of hydrogen-bond donors (Lipinski definition) is 0. The van der Waals surface area contributed by atoms with Crippen molar-refractivity contribution in [2.75, 3.05) is 0 Å². The molecule has 2 bridgehead atoms. The summed E-state index contributed by atoms with van der Waals surface area (Å²) >= 11 is 0. The van der Waals surface area contributed by atoms with E-state index in [-0.39, 0.29) is 6.10 Å². The van der Waals surface area contributed by atoms with E-state index in [2.05, 4.69) is 4.74 Å². The standard InChI is InChI=1S/C9H8O4/c1-9-3-2-4(13-9)5-6(9)8(11)12-7(5)10/h2-6H,1H3/t4-,5-,6+,9+/m0/s1. The highest BCUT2D eigenvalue weighted by molar-refractivity contribution is 5.99. The number of rotatable bonds is 0. The monoisotopic (exact) mass is 180 g/mol. The molecule has 4 nitrogen and oxygen atoms in total. The van der Waals surface area contributed by atoms with Crippen LogP contribution < -0.4 is 0 Å². The van der Waals surface area contributed by atoms with Crippen molar-refractivity contribution in [3.8, 4) is 0 Å². The van der Waals surface area contributed by atoms with Gasteiger partial charge in [-0.15, -0.1) is 0 Å². The lowest BCUT2D eigenvalue weighted by molar-refractivity contribution is -0.157. The van der Waals surface area contributed by atoms with Gasteiger partial charge in [0.1, 0.15) is 11.8 Å². The van der Waals surface area contributed by atoms with Crippen molar-refractivity contribution in [2.24, 2.45) is 11.8 Å². The molecule has 68 valence electrons. The van der Waals surface area contributed by atoms with Gasteiger partial charge >= 0.3 is 11.9 Å². The van der Waals surface area contributed by atoms with E-state index in [9.17, 15) is 9.59 Å². The van der Waals surface area contributed by atoms with Crippen LogP contribution in [0, 0.1) is 11.8 Å². The summed E-state index contributed by atoms with van der Waals surface area (Å²) in [6.07, 6.45) is 3.42. The van der Waals surface area contributed by atoms with Crippen LogP contribution in [0.5, 0.6) is 0 Å². The Morgan fingerprint density at radius 2 is 2.15 bits per heavy atom. The van der Waals surface area contributed by atoms with Crippen LogP contribution in [-0.2, 0) is 19.1 Å². The van der Waals surface area contributed by atoms with Crippen LogP contribution in [0.3, 0.4) is 0 Å². The van der Waals surface area contributed by atoms with Gasteiger partial charge in [-0.2, -0.15) is 0 Å². The molecule has 0 radical (unpaired) electrons. The van der Waals surface area contributed by atoms with Crippen LogP contribution in [0.15, 0.2) is 12.2 Å². The molecule has 3 rings (SSSR count). The Hall–Kier alpha value is -1.16. The third-order valence-corrected chi connectivity index (χ3v) is 3.06. The van der Waals surface area contributed by atoms with E-state index in [1.165, 1.54) is 0 Å². The Kier molecular flexibility index (Phi) is 1.03. The van der Waals surface area contributed by atoms with Crippen LogP contribution >= 0.6 is 0 Å². The third kappa shape index (κ3) is 0.659. The fourth-order valence-electron chi connectivity index (χ4n) is 2.46. The third-order valence-electron chi connectivity index (χ3n) is 3.06. The van der Waals surface area contributed by atoms with Crippen molar-refractivity contribution in [3.05, 3.63) is 12.2 Å². The summed E-state index contributed by atoms with van der Waals surface area (Å²) in [5.41, 5.74) is -0.613. The molecule has 4 atom stereocenters. The Morgan fingerprint density at radius 1 is 1.38 bits per heavy atom. The molecule has 2 fully saturated rings. The van der Waals surface area contributed by atoms with E-state index in [4.69, 9.17) is 4.74 Å². The lowest BCUT2D eigenvalue weighted by atomic mass is 9.78. The Balaban J connectivity index is 2.13. The first-order chi connectivity index (χ1) is 6.12. The highest BCUT2D eigenvalue weighted by atomic mass is 16.6. The predicted octanol–water partition coefficient (Wildman–Crippen LogP) is 0.0295. The van der Waals surface area contributed by atoms with Crippen molar-refractivity contribution >= 4 is 11.9 Å². The van der Waals surface area contributed by atoms with Crippen molar-refractivity contribution in [2.45, 2.75) is 18.6 Å². The molecule has 3 aliphatic heterocycles. The Bertz CT molecular complexity index is 346. The number of esters is 2. The van der Waals surface area contributed by atoms with Gasteiger partial charge in [-0.1, -0.05) is 12.2 Å². The molecule has 0 aromatic rings. The quantitative estimate of drug-likeness (QED) is 0.300. The maximum atomic E-state index is 11.3. The van der Waals surface area contributed by atoms with Gasteiger partial charge in [0.15, 0.2) is 0 Å². The molecular weight excluding hydrogens is 172 g/mol. The fourth-order valence-corrected chi connectivity index (χ4v) is 2.46. The highest BCUT2D eigenvalue weighted by Gasteiger charge is 2.64. The largest absolute Gasteiger partial charge is 0.393 e. The number of carbonyl (C=O) groups excluding carboxylic acids is 2. The maximum absolute atomic E-state index is 11.3. The van der Waals surface area contributed by atoms with Crippen molar-refractivity contribution in [3.63, 3.8) is 0 Å². The average Bonchev–Trinajstić information content (AvgIpc) is 2.62. The number of cyclic esters (lactones) is 2. The van der Waals surface area contributed by atoms with Gasteiger partial charge < -0.3 is 9.47 Å². The average molecular weight is 180 g/mol. The van der Waals surface area contributed by atoms with Gasteiger partial charge in [-0.25, -0.2) is 0 Å². The van der Waals surface area contributed by atoms with Crippen LogP contribution in [0.2, 0.25) is 0 Å². The molecule has 0 aromatic carbocycles. The van der Waals surface area contributed by atoms with Crippen LogP contribution in [0.4, 0.5) is 0 Å². The Morgan fingerprint density at radius 3 is 2.85 bits per heavy atom.